The maximum absolute atomic E-state index is 11.7. The Morgan fingerprint density at radius 3 is 2.88 bits per heavy atom. The third-order valence-corrected chi connectivity index (χ3v) is 1.87. The minimum Gasteiger partial charge on any atom is -0.436 e. The van der Waals surface area contributed by atoms with Crippen molar-refractivity contribution in [2.45, 2.75) is 0 Å². The quantitative estimate of drug-likeness (QED) is 0.497. The van der Waals surface area contributed by atoms with Gasteiger partial charge in [0.05, 0.1) is 12.5 Å². The first-order valence-corrected chi connectivity index (χ1v) is 4.33. The molecular weight excluding hydrogens is 214 g/mol. The Labute approximate surface area is 89.2 Å². The second-order valence-electron chi connectivity index (χ2n) is 2.83. The molecule has 2 rings (SSSR count). The number of aromatic nitrogens is 3. The molecule has 0 N–H and O–H groups in total. The van der Waals surface area contributed by atoms with Crippen molar-refractivity contribution in [3.63, 3.8) is 0 Å². The number of benzene rings is 1. The van der Waals surface area contributed by atoms with E-state index in [9.17, 15) is 9.59 Å². The summed E-state index contributed by atoms with van der Waals surface area (Å²) < 4.78 is 4.23. The van der Waals surface area contributed by atoms with Gasteiger partial charge in [0.25, 0.3) is 0 Å². The van der Waals surface area contributed by atoms with Gasteiger partial charge in [0.15, 0.2) is 0 Å². The summed E-state index contributed by atoms with van der Waals surface area (Å²) in [6.45, 7) is 0. The number of ether oxygens (including phenoxy) is 1. The summed E-state index contributed by atoms with van der Waals surface area (Å²) in [5, 5.41) is 7.44. The van der Waals surface area contributed by atoms with E-state index in [1.54, 1.807) is 24.3 Å². The second-order valence-corrected chi connectivity index (χ2v) is 2.83. The van der Waals surface area contributed by atoms with Crippen LogP contribution < -0.4 is 10.4 Å². The van der Waals surface area contributed by atoms with Gasteiger partial charge in [0.2, 0.25) is 0 Å². The number of fused-ring (bicyclic) bond motifs is 1. The number of carbonyl (C=O) groups excluding carboxylic acids is 1. The second kappa shape index (κ2) is 3.97. The molecule has 0 atom stereocenters. The van der Waals surface area contributed by atoms with Gasteiger partial charge in [-0.25, -0.2) is 4.79 Å². The average Bonchev–Trinajstić information content (AvgIpc) is 2.33. The molecule has 2 aromatic rings. The van der Waals surface area contributed by atoms with Crippen LogP contribution in [-0.4, -0.2) is 28.4 Å². The van der Waals surface area contributed by atoms with Gasteiger partial charge >= 0.3 is 11.7 Å². The van der Waals surface area contributed by atoms with Crippen LogP contribution in [0.5, 0.6) is 0 Å². The summed E-state index contributed by atoms with van der Waals surface area (Å²) in [5.74, 6) is 0. The molecule has 7 heteroatoms. The Hall–Kier alpha value is -2.44. The summed E-state index contributed by atoms with van der Waals surface area (Å²) in [5.41, 5.74) is -0.145. The van der Waals surface area contributed by atoms with Gasteiger partial charge in [0.1, 0.15) is 5.52 Å². The molecule has 0 saturated carbocycles. The third kappa shape index (κ3) is 1.70. The fourth-order valence-corrected chi connectivity index (χ4v) is 1.14. The first-order valence-electron chi connectivity index (χ1n) is 4.33. The molecule has 1 aromatic carbocycles. The lowest BCUT2D eigenvalue weighted by molar-refractivity contribution is 0.0446. The maximum atomic E-state index is 11.7. The van der Waals surface area contributed by atoms with Crippen molar-refractivity contribution in [1.82, 2.24) is 15.2 Å². The van der Waals surface area contributed by atoms with E-state index < -0.39 is 11.7 Å². The van der Waals surface area contributed by atoms with Gasteiger partial charge in [-0.05, 0) is 22.2 Å². The normalized spacial score (nSPS) is 10.1. The first-order chi connectivity index (χ1) is 7.72. The Bertz CT molecular complexity index is 593. The van der Waals surface area contributed by atoms with Crippen LogP contribution in [0, 0.1) is 0 Å². The number of rotatable bonds is 1. The van der Waals surface area contributed by atoms with Crippen molar-refractivity contribution < 1.29 is 14.4 Å². The summed E-state index contributed by atoms with van der Waals surface area (Å²) in [4.78, 5) is 27.5. The molecule has 82 valence electrons. The largest absolute Gasteiger partial charge is 0.535 e. The molecule has 0 fully saturated rings. The van der Waals surface area contributed by atoms with Crippen LogP contribution >= 0.6 is 0 Å². The highest BCUT2D eigenvalue weighted by Crippen LogP contribution is 2.02. The molecular formula is C9H7N3O4. The van der Waals surface area contributed by atoms with Gasteiger partial charge in [-0.15, -0.1) is 5.10 Å². The van der Waals surface area contributed by atoms with E-state index in [4.69, 9.17) is 0 Å². The van der Waals surface area contributed by atoms with Crippen molar-refractivity contribution >= 4 is 17.1 Å². The molecule has 0 aliphatic rings. The smallest absolute Gasteiger partial charge is 0.436 e. The third-order valence-electron chi connectivity index (χ3n) is 1.87. The zero-order chi connectivity index (χ0) is 11.5. The average molecular weight is 221 g/mol. The number of hydrogen-bond acceptors (Lipinski definition) is 6. The molecule has 16 heavy (non-hydrogen) atoms. The van der Waals surface area contributed by atoms with E-state index in [0.717, 1.165) is 7.11 Å². The summed E-state index contributed by atoms with van der Waals surface area (Å²) in [6.07, 6.45) is -1.04. The molecule has 0 saturated heterocycles. The van der Waals surface area contributed by atoms with Crippen LogP contribution in [0.1, 0.15) is 0 Å². The van der Waals surface area contributed by atoms with Crippen molar-refractivity contribution in [2.24, 2.45) is 0 Å². The molecule has 0 spiro atoms. The Balaban J connectivity index is 2.53. The topological polar surface area (TPSA) is 83.3 Å². The van der Waals surface area contributed by atoms with Gasteiger partial charge in [-0.3, -0.25) is 9.63 Å². The molecule has 0 amide bonds. The fourth-order valence-electron chi connectivity index (χ4n) is 1.14. The van der Waals surface area contributed by atoms with Crippen LogP contribution in [0.15, 0.2) is 29.1 Å². The zero-order valence-electron chi connectivity index (χ0n) is 8.28. The van der Waals surface area contributed by atoms with Gasteiger partial charge in [-0.1, -0.05) is 12.1 Å². The van der Waals surface area contributed by atoms with Crippen molar-refractivity contribution in [1.29, 1.82) is 0 Å². The molecule has 7 nitrogen and oxygen atoms in total. The minimum atomic E-state index is -1.04. The highest BCUT2D eigenvalue weighted by Gasteiger charge is 2.09. The lowest BCUT2D eigenvalue weighted by Gasteiger charge is -2.02. The van der Waals surface area contributed by atoms with Crippen molar-refractivity contribution in [3.8, 4) is 0 Å². The number of methoxy groups -OCH3 is 1. The predicted octanol–water partition coefficient (Wildman–Crippen LogP) is -0.0135. The van der Waals surface area contributed by atoms with Gasteiger partial charge in [0, 0.05) is 0 Å². The molecule has 1 aromatic heterocycles. The van der Waals surface area contributed by atoms with E-state index in [2.05, 4.69) is 19.9 Å². The lowest BCUT2D eigenvalue weighted by atomic mass is 10.2. The van der Waals surface area contributed by atoms with Gasteiger partial charge < -0.3 is 4.74 Å². The van der Waals surface area contributed by atoms with E-state index in [1.165, 1.54) is 0 Å². The highest BCUT2D eigenvalue weighted by atomic mass is 16.8. The Morgan fingerprint density at radius 2 is 2.12 bits per heavy atom. The fraction of sp³-hybridized carbons (Fsp3) is 0.111. The first kappa shape index (κ1) is 10.1. The molecule has 0 radical (unpaired) electrons. The summed E-state index contributed by atoms with van der Waals surface area (Å²) >= 11 is 0. The van der Waals surface area contributed by atoms with Crippen LogP contribution in [0.3, 0.4) is 0 Å². The van der Waals surface area contributed by atoms with Crippen molar-refractivity contribution in [3.05, 3.63) is 34.6 Å². The van der Waals surface area contributed by atoms with E-state index in [1.807, 2.05) is 0 Å². The van der Waals surface area contributed by atoms with Crippen LogP contribution in [0.4, 0.5) is 4.79 Å². The number of nitrogens with zero attached hydrogens (tertiary/aromatic N) is 3. The Morgan fingerprint density at radius 1 is 1.38 bits per heavy atom. The summed E-state index contributed by atoms with van der Waals surface area (Å²) in [6, 6.07) is 6.59. The monoisotopic (exact) mass is 221 g/mol. The summed E-state index contributed by atoms with van der Waals surface area (Å²) in [7, 11) is 1.13. The molecule has 0 bridgehead atoms. The Kier molecular flexibility index (Phi) is 2.50. The van der Waals surface area contributed by atoms with E-state index in [-0.39, 0.29) is 0 Å². The zero-order valence-corrected chi connectivity index (χ0v) is 8.28. The van der Waals surface area contributed by atoms with Gasteiger partial charge in [-0.2, -0.15) is 0 Å². The van der Waals surface area contributed by atoms with Crippen LogP contribution in [0.2, 0.25) is 0 Å². The standard InChI is InChI=1S/C9H7N3O4/c1-15-9(14)16-12-8(13)6-4-2-3-5-7(6)10-11-12/h2-5H,1H3. The molecule has 0 aliphatic carbocycles. The minimum absolute atomic E-state index is 0.307. The molecule has 0 aliphatic heterocycles. The highest BCUT2D eigenvalue weighted by molar-refractivity contribution is 5.76. The molecule has 1 heterocycles. The van der Waals surface area contributed by atoms with Crippen LogP contribution in [-0.2, 0) is 4.74 Å². The SMILES string of the molecule is COC(=O)On1nnc2ccccc2c1=O. The predicted molar refractivity (Wildman–Crippen MR) is 52.8 cm³/mol. The van der Waals surface area contributed by atoms with Crippen molar-refractivity contribution in [2.75, 3.05) is 7.11 Å². The lowest BCUT2D eigenvalue weighted by Crippen LogP contribution is -2.33. The number of carbonyl (C=O) groups is 1. The van der Waals surface area contributed by atoms with E-state index >= 15 is 0 Å². The van der Waals surface area contributed by atoms with E-state index in [0.29, 0.717) is 15.7 Å². The number of hydrogen-bond donors (Lipinski definition) is 0. The maximum Gasteiger partial charge on any atom is 0.535 e. The molecule has 0 unspecified atom stereocenters. The van der Waals surface area contributed by atoms with Crippen LogP contribution in [0.25, 0.3) is 10.9 Å².